The van der Waals surface area contributed by atoms with Gasteiger partial charge in [0.1, 0.15) is 0 Å². The number of hydrogen-bond donors (Lipinski definition) is 1. The van der Waals surface area contributed by atoms with Crippen molar-refractivity contribution in [3.63, 3.8) is 0 Å². The summed E-state index contributed by atoms with van der Waals surface area (Å²) in [4.78, 5) is 13.3. The molecule has 0 spiro atoms. The highest BCUT2D eigenvalue weighted by molar-refractivity contribution is 5.83. The SMILES string of the molecule is CCC[C@H](C)Oc1nc(N)c2nc(OC)n(CCCCCC3CCOCC3)c2n1. The lowest BCUT2D eigenvalue weighted by Gasteiger charge is -2.21. The van der Waals surface area contributed by atoms with E-state index in [-0.39, 0.29) is 6.10 Å². The van der Waals surface area contributed by atoms with Gasteiger partial charge in [-0.05, 0) is 38.5 Å². The van der Waals surface area contributed by atoms with Crippen LogP contribution in [0.25, 0.3) is 11.2 Å². The molecule has 162 valence electrons. The Kier molecular flexibility index (Phi) is 7.91. The minimum absolute atomic E-state index is 0.0419. The van der Waals surface area contributed by atoms with Gasteiger partial charge in [0.25, 0.3) is 6.01 Å². The minimum Gasteiger partial charge on any atom is -0.468 e. The van der Waals surface area contributed by atoms with E-state index < -0.39 is 0 Å². The van der Waals surface area contributed by atoms with Gasteiger partial charge in [0.2, 0.25) is 0 Å². The summed E-state index contributed by atoms with van der Waals surface area (Å²) in [5.74, 6) is 1.15. The summed E-state index contributed by atoms with van der Waals surface area (Å²) in [6.45, 7) is 6.77. The number of methoxy groups -OCH3 is 1. The number of unbranched alkanes of at least 4 members (excludes halogenated alkanes) is 2. The molecule has 2 aromatic rings. The fourth-order valence-corrected chi connectivity index (χ4v) is 3.95. The highest BCUT2D eigenvalue weighted by Crippen LogP contribution is 2.27. The zero-order chi connectivity index (χ0) is 20.6. The van der Waals surface area contributed by atoms with Gasteiger partial charge in [0, 0.05) is 19.8 Å². The molecule has 0 radical (unpaired) electrons. The first kappa shape index (κ1) is 21.6. The smallest absolute Gasteiger partial charge is 0.320 e. The van der Waals surface area contributed by atoms with Crippen molar-refractivity contribution in [2.24, 2.45) is 5.92 Å². The standard InChI is InChI=1S/C21H35N5O3/c1-4-8-15(2)29-20-24-18(22)17-19(25-20)26(21(23-17)27-3)12-7-5-6-9-16-10-13-28-14-11-16/h15-16H,4-14H2,1-3H3,(H2,22,24,25)/t15-/m0/s1. The van der Waals surface area contributed by atoms with E-state index in [0.29, 0.717) is 29.0 Å². The van der Waals surface area contributed by atoms with Crippen molar-refractivity contribution in [3.8, 4) is 12.0 Å². The van der Waals surface area contributed by atoms with Crippen molar-refractivity contribution in [1.29, 1.82) is 0 Å². The third kappa shape index (κ3) is 5.72. The average Bonchev–Trinajstić information content (AvgIpc) is 3.07. The summed E-state index contributed by atoms with van der Waals surface area (Å²) in [7, 11) is 1.62. The van der Waals surface area contributed by atoms with E-state index in [1.54, 1.807) is 7.11 Å². The van der Waals surface area contributed by atoms with Crippen molar-refractivity contribution >= 4 is 17.0 Å². The first-order valence-corrected chi connectivity index (χ1v) is 10.9. The van der Waals surface area contributed by atoms with E-state index in [1.165, 1.54) is 25.7 Å². The van der Waals surface area contributed by atoms with E-state index >= 15 is 0 Å². The fraction of sp³-hybridized carbons (Fsp3) is 0.762. The number of rotatable bonds is 11. The Morgan fingerprint density at radius 2 is 1.97 bits per heavy atom. The van der Waals surface area contributed by atoms with Crippen molar-refractivity contribution in [2.45, 2.75) is 77.9 Å². The molecule has 0 aromatic carbocycles. The van der Waals surface area contributed by atoms with Crippen LogP contribution < -0.4 is 15.2 Å². The molecule has 3 heterocycles. The molecular formula is C21H35N5O3. The van der Waals surface area contributed by atoms with Crippen LogP contribution in [-0.2, 0) is 11.3 Å². The van der Waals surface area contributed by atoms with Crippen LogP contribution in [0.2, 0.25) is 0 Å². The van der Waals surface area contributed by atoms with Crippen LogP contribution in [0.1, 0.15) is 65.2 Å². The number of aryl methyl sites for hydroxylation is 1. The second-order valence-corrected chi connectivity index (χ2v) is 7.94. The van der Waals surface area contributed by atoms with Crippen LogP contribution in [0.15, 0.2) is 0 Å². The fourth-order valence-electron chi connectivity index (χ4n) is 3.95. The van der Waals surface area contributed by atoms with Gasteiger partial charge in [-0.25, -0.2) is 0 Å². The van der Waals surface area contributed by atoms with Gasteiger partial charge in [-0.2, -0.15) is 15.0 Å². The summed E-state index contributed by atoms with van der Waals surface area (Å²) in [5, 5.41) is 0. The van der Waals surface area contributed by atoms with Crippen molar-refractivity contribution in [2.75, 3.05) is 26.1 Å². The molecule has 2 N–H and O–H groups in total. The maximum Gasteiger partial charge on any atom is 0.320 e. The van der Waals surface area contributed by atoms with Crippen LogP contribution in [0.4, 0.5) is 5.82 Å². The molecule has 1 saturated heterocycles. The quantitative estimate of drug-likeness (QED) is 0.565. The number of aromatic nitrogens is 4. The molecule has 8 nitrogen and oxygen atoms in total. The maximum absolute atomic E-state index is 6.13. The lowest BCUT2D eigenvalue weighted by molar-refractivity contribution is 0.0631. The summed E-state index contributed by atoms with van der Waals surface area (Å²) >= 11 is 0. The van der Waals surface area contributed by atoms with E-state index in [0.717, 1.165) is 51.4 Å². The Hall–Kier alpha value is -2.09. The summed E-state index contributed by atoms with van der Waals surface area (Å²) in [5.41, 5.74) is 7.38. The van der Waals surface area contributed by atoms with Gasteiger partial charge in [-0.1, -0.05) is 32.6 Å². The van der Waals surface area contributed by atoms with E-state index in [9.17, 15) is 0 Å². The van der Waals surface area contributed by atoms with Gasteiger partial charge in [-0.3, -0.25) is 4.57 Å². The Morgan fingerprint density at radius 3 is 2.69 bits per heavy atom. The molecule has 0 unspecified atom stereocenters. The van der Waals surface area contributed by atoms with Gasteiger partial charge in [0.15, 0.2) is 17.0 Å². The Bertz CT molecular complexity index is 773. The number of nitrogens with two attached hydrogens (primary N) is 1. The summed E-state index contributed by atoms with van der Waals surface area (Å²) < 4.78 is 18.8. The second kappa shape index (κ2) is 10.6. The monoisotopic (exact) mass is 405 g/mol. The molecule has 1 atom stereocenters. The second-order valence-electron chi connectivity index (χ2n) is 7.94. The van der Waals surface area contributed by atoms with Crippen LogP contribution >= 0.6 is 0 Å². The third-order valence-corrected chi connectivity index (χ3v) is 5.59. The number of anilines is 1. The average molecular weight is 406 g/mol. The van der Waals surface area contributed by atoms with Gasteiger partial charge in [-0.15, -0.1) is 0 Å². The van der Waals surface area contributed by atoms with Crippen LogP contribution in [-0.4, -0.2) is 45.9 Å². The first-order chi connectivity index (χ1) is 14.1. The van der Waals surface area contributed by atoms with E-state index in [4.69, 9.17) is 19.9 Å². The molecule has 0 amide bonds. The molecule has 1 aliphatic heterocycles. The van der Waals surface area contributed by atoms with Crippen LogP contribution in [0.5, 0.6) is 12.0 Å². The van der Waals surface area contributed by atoms with Gasteiger partial charge < -0.3 is 19.9 Å². The Balaban J connectivity index is 1.64. The van der Waals surface area contributed by atoms with Crippen molar-refractivity contribution in [3.05, 3.63) is 0 Å². The molecular weight excluding hydrogens is 370 g/mol. The summed E-state index contributed by atoms with van der Waals surface area (Å²) in [6.07, 6.45) is 9.16. The number of nitrogens with zero attached hydrogens (tertiary/aromatic N) is 4. The van der Waals surface area contributed by atoms with E-state index in [2.05, 4.69) is 21.9 Å². The normalized spacial score (nSPS) is 16.2. The number of hydrogen-bond acceptors (Lipinski definition) is 7. The molecule has 8 heteroatoms. The number of ether oxygens (including phenoxy) is 3. The lowest BCUT2D eigenvalue weighted by Crippen LogP contribution is -2.15. The topological polar surface area (TPSA) is 97.3 Å². The molecule has 1 fully saturated rings. The van der Waals surface area contributed by atoms with Crippen LogP contribution in [0, 0.1) is 5.92 Å². The predicted octanol–water partition coefficient (Wildman–Crippen LogP) is 3.97. The minimum atomic E-state index is 0.0419. The third-order valence-electron chi connectivity index (χ3n) is 5.59. The molecule has 3 rings (SSSR count). The zero-order valence-electron chi connectivity index (χ0n) is 18.0. The van der Waals surface area contributed by atoms with Gasteiger partial charge >= 0.3 is 6.01 Å². The number of imidazole rings is 1. The highest BCUT2D eigenvalue weighted by Gasteiger charge is 2.19. The van der Waals surface area contributed by atoms with Crippen molar-refractivity contribution in [1.82, 2.24) is 19.5 Å². The number of nitrogen functional groups attached to an aromatic ring is 1. The first-order valence-electron chi connectivity index (χ1n) is 10.9. The predicted molar refractivity (Wildman–Crippen MR) is 113 cm³/mol. The molecule has 0 saturated carbocycles. The largest absolute Gasteiger partial charge is 0.468 e. The molecule has 0 bridgehead atoms. The Morgan fingerprint density at radius 1 is 1.17 bits per heavy atom. The zero-order valence-corrected chi connectivity index (χ0v) is 18.0. The highest BCUT2D eigenvalue weighted by atomic mass is 16.5. The van der Waals surface area contributed by atoms with Crippen LogP contribution in [0.3, 0.4) is 0 Å². The summed E-state index contributed by atoms with van der Waals surface area (Å²) in [6, 6.07) is 0.823. The van der Waals surface area contributed by atoms with Crippen molar-refractivity contribution < 1.29 is 14.2 Å². The maximum atomic E-state index is 6.13. The van der Waals surface area contributed by atoms with E-state index in [1.807, 2.05) is 11.5 Å². The number of fused-ring (bicyclic) bond motifs is 1. The molecule has 1 aliphatic rings. The lowest BCUT2D eigenvalue weighted by atomic mass is 9.94. The Labute approximate surface area is 173 Å². The molecule has 0 aliphatic carbocycles. The molecule has 29 heavy (non-hydrogen) atoms. The van der Waals surface area contributed by atoms with Gasteiger partial charge in [0.05, 0.1) is 13.2 Å². The molecule has 2 aromatic heterocycles.